The lowest BCUT2D eigenvalue weighted by Gasteiger charge is -2.38. The Bertz CT molecular complexity index is 2410. The van der Waals surface area contributed by atoms with E-state index in [1.807, 2.05) is 12.1 Å². The van der Waals surface area contributed by atoms with Crippen molar-refractivity contribution in [3.05, 3.63) is 161 Å². The third-order valence-corrected chi connectivity index (χ3v) is 10.4. The van der Waals surface area contributed by atoms with Crippen LogP contribution < -0.4 is 9.47 Å². The van der Waals surface area contributed by atoms with E-state index in [0.717, 1.165) is 28.0 Å². The number of hydrogen-bond acceptors (Lipinski definition) is 2. The Morgan fingerprint density at radius 3 is 2.09 bits per heavy atom. The summed E-state index contributed by atoms with van der Waals surface area (Å²) in [5.74, 6) is 1.75. The average molecular weight is 595 g/mol. The number of fused-ring (bicyclic) bond motifs is 11. The molecule has 2 heteroatoms. The minimum atomic E-state index is -0.854. The van der Waals surface area contributed by atoms with E-state index in [4.69, 9.17) is 9.47 Å². The Kier molecular flexibility index (Phi) is 5.63. The molecule has 46 heavy (non-hydrogen) atoms. The Hall–Kier alpha value is -5.34. The first-order chi connectivity index (χ1) is 22.4. The molecule has 7 aromatic carbocycles. The van der Waals surface area contributed by atoms with Gasteiger partial charge < -0.3 is 9.47 Å². The first-order valence-corrected chi connectivity index (χ1v) is 16.0. The van der Waals surface area contributed by atoms with Crippen LogP contribution in [0, 0.1) is 6.92 Å². The molecule has 2 aliphatic rings. The molecule has 0 saturated heterocycles. The fourth-order valence-electron chi connectivity index (χ4n) is 8.10. The highest BCUT2D eigenvalue weighted by Crippen LogP contribution is 2.58. The minimum absolute atomic E-state index is 0.180. The molecule has 1 unspecified atom stereocenters. The van der Waals surface area contributed by atoms with Crippen LogP contribution >= 0.6 is 0 Å². The first kappa shape index (κ1) is 27.0. The number of ether oxygens (including phenoxy) is 2. The molecule has 9 rings (SSSR count). The van der Waals surface area contributed by atoms with Crippen molar-refractivity contribution in [1.29, 1.82) is 0 Å². The van der Waals surface area contributed by atoms with Gasteiger partial charge in [0.25, 0.3) is 0 Å². The predicted octanol–water partition coefficient (Wildman–Crippen LogP) is 11.1. The topological polar surface area (TPSA) is 18.5 Å². The summed E-state index contributed by atoms with van der Waals surface area (Å²) in [4.78, 5) is 0. The van der Waals surface area contributed by atoms with E-state index in [2.05, 4.69) is 142 Å². The summed E-state index contributed by atoms with van der Waals surface area (Å²) in [5, 5.41) is 7.27. The van der Waals surface area contributed by atoms with Crippen molar-refractivity contribution in [2.75, 3.05) is 7.11 Å². The SMILES string of the molecule is COc1ccc(C2(c3ccc4ccc5ccccc5c4c3)C=Cc3c4c(c5ccccc5c3O2)-c2ccc(C)cc2C4(C)C)cc1. The van der Waals surface area contributed by atoms with Crippen LogP contribution in [0.1, 0.15) is 47.2 Å². The maximum atomic E-state index is 7.55. The summed E-state index contributed by atoms with van der Waals surface area (Å²) in [6, 6.07) is 43.9. The largest absolute Gasteiger partial charge is 0.497 e. The lowest BCUT2D eigenvalue weighted by Crippen LogP contribution is -2.35. The molecule has 7 aromatic rings. The normalized spacial score (nSPS) is 17.5. The van der Waals surface area contributed by atoms with Gasteiger partial charge in [0.05, 0.1) is 7.11 Å². The predicted molar refractivity (Wildman–Crippen MR) is 191 cm³/mol. The molecule has 1 aliphatic heterocycles. The molecule has 0 N–H and O–H groups in total. The molecular weight excluding hydrogens is 560 g/mol. The monoisotopic (exact) mass is 594 g/mol. The van der Waals surface area contributed by atoms with Crippen molar-refractivity contribution in [2.24, 2.45) is 0 Å². The quantitative estimate of drug-likeness (QED) is 0.190. The fraction of sp³-hybridized carbons (Fsp3) is 0.136. The third-order valence-electron chi connectivity index (χ3n) is 10.4. The van der Waals surface area contributed by atoms with E-state index in [1.54, 1.807) is 7.11 Å². The van der Waals surface area contributed by atoms with Crippen LogP contribution in [-0.2, 0) is 11.0 Å². The second kappa shape index (κ2) is 9.58. The number of hydrogen-bond donors (Lipinski definition) is 0. The Morgan fingerprint density at radius 1 is 0.630 bits per heavy atom. The van der Waals surface area contributed by atoms with Crippen molar-refractivity contribution in [1.82, 2.24) is 0 Å². The zero-order valence-corrected chi connectivity index (χ0v) is 26.5. The van der Waals surface area contributed by atoms with E-state index < -0.39 is 5.60 Å². The Morgan fingerprint density at radius 2 is 1.30 bits per heavy atom. The molecule has 2 nitrogen and oxygen atoms in total. The zero-order chi connectivity index (χ0) is 31.2. The summed E-state index contributed by atoms with van der Waals surface area (Å²) < 4.78 is 13.1. The highest BCUT2D eigenvalue weighted by Gasteiger charge is 2.44. The molecule has 1 atom stereocenters. The van der Waals surface area contributed by atoms with Crippen molar-refractivity contribution >= 4 is 38.4 Å². The highest BCUT2D eigenvalue weighted by molar-refractivity contribution is 6.09. The van der Waals surface area contributed by atoms with Crippen LogP contribution in [-0.4, -0.2) is 7.11 Å². The van der Waals surface area contributed by atoms with Gasteiger partial charge in [0, 0.05) is 27.5 Å². The number of rotatable bonds is 3. The van der Waals surface area contributed by atoms with Crippen LogP contribution in [0.5, 0.6) is 11.5 Å². The fourth-order valence-corrected chi connectivity index (χ4v) is 8.10. The second-order valence-corrected chi connectivity index (χ2v) is 13.3. The maximum absolute atomic E-state index is 7.55. The Labute approximate surface area is 269 Å². The van der Waals surface area contributed by atoms with Crippen LogP contribution in [0.4, 0.5) is 0 Å². The van der Waals surface area contributed by atoms with Gasteiger partial charge in [-0.2, -0.15) is 0 Å². The second-order valence-electron chi connectivity index (χ2n) is 13.3. The van der Waals surface area contributed by atoms with Crippen LogP contribution in [0.3, 0.4) is 0 Å². The lowest BCUT2D eigenvalue weighted by atomic mass is 9.76. The molecule has 0 fully saturated rings. The number of benzene rings is 7. The van der Waals surface area contributed by atoms with E-state index >= 15 is 0 Å². The third kappa shape index (κ3) is 3.64. The van der Waals surface area contributed by atoms with Crippen molar-refractivity contribution < 1.29 is 9.47 Å². The molecule has 0 aromatic heterocycles. The van der Waals surface area contributed by atoms with Crippen LogP contribution in [0.25, 0.3) is 49.5 Å². The molecule has 1 aliphatic carbocycles. The summed E-state index contributed by atoms with van der Waals surface area (Å²) in [7, 11) is 1.71. The van der Waals surface area contributed by atoms with Gasteiger partial charge in [-0.3, -0.25) is 0 Å². The molecule has 0 bridgehead atoms. The smallest absolute Gasteiger partial charge is 0.178 e. The molecule has 0 spiro atoms. The van der Waals surface area contributed by atoms with Gasteiger partial charge in [0.15, 0.2) is 5.60 Å². The average Bonchev–Trinajstić information content (AvgIpc) is 3.33. The standard InChI is InChI=1S/C44H34O2/c1-27-13-22-36-39(25-27)43(2,3)41-37-23-24-44(30-18-20-32(45-4)21-19-30,46-42(37)35-12-8-7-11-34(35)40(36)41)31-17-16-29-15-14-28-9-5-6-10-33(28)38(29)26-31/h5-26H,1-4H3. The van der Waals surface area contributed by atoms with E-state index in [0.29, 0.717) is 0 Å². The molecule has 0 amide bonds. The molecule has 222 valence electrons. The lowest BCUT2D eigenvalue weighted by molar-refractivity contribution is 0.163. The van der Waals surface area contributed by atoms with Gasteiger partial charge >= 0.3 is 0 Å². The van der Waals surface area contributed by atoms with Gasteiger partial charge in [0.1, 0.15) is 11.5 Å². The van der Waals surface area contributed by atoms with E-state index in [-0.39, 0.29) is 5.41 Å². The van der Waals surface area contributed by atoms with Gasteiger partial charge in [0.2, 0.25) is 0 Å². The van der Waals surface area contributed by atoms with Gasteiger partial charge in [-0.15, -0.1) is 0 Å². The maximum Gasteiger partial charge on any atom is 0.178 e. The number of aryl methyl sites for hydroxylation is 1. The molecular formula is C44H34O2. The highest BCUT2D eigenvalue weighted by atomic mass is 16.5. The van der Waals surface area contributed by atoms with Crippen molar-refractivity contribution in [3.8, 4) is 22.6 Å². The minimum Gasteiger partial charge on any atom is -0.497 e. The molecule has 1 heterocycles. The van der Waals surface area contributed by atoms with E-state index in [9.17, 15) is 0 Å². The van der Waals surface area contributed by atoms with Crippen LogP contribution in [0.2, 0.25) is 0 Å². The van der Waals surface area contributed by atoms with Gasteiger partial charge in [-0.1, -0.05) is 129 Å². The van der Waals surface area contributed by atoms with Crippen LogP contribution in [0.15, 0.2) is 127 Å². The summed E-state index contributed by atoms with van der Waals surface area (Å²) in [6.07, 6.45) is 4.62. The van der Waals surface area contributed by atoms with Gasteiger partial charge in [-0.05, 0) is 80.4 Å². The molecule has 0 radical (unpaired) electrons. The first-order valence-electron chi connectivity index (χ1n) is 16.0. The Balaban J connectivity index is 1.35. The summed E-state index contributed by atoms with van der Waals surface area (Å²) in [5.41, 5.74) is 8.93. The zero-order valence-electron chi connectivity index (χ0n) is 26.5. The summed E-state index contributed by atoms with van der Waals surface area (Å²) in [6.45, 7) is 6.91. The number of methoxy groups -OCH3 is 1. The van der Waals surface area contributed by atoms with E-state index in [1.165, 1.54) is 60.3 Å². The van der Waals surface area contributed by atoms with Gasteiger partial charge in [-0.25, -0.2) is 0 Å². The van der Waals surface area contributed by atoms with Crippen molar-refractivity contribution in [3.63, 3.8) is 0 Å². The summed E-state index contributed by atoms with van der Waals surface area (Å²) >= 11 is 0. The van der Waals surface area contributed by atoms with Crippen molar-refractivity contribution in [2.45, 2.75) is 31.8 Å². The molecule has 0 saturated carbocycles.